The summed E-state index contributed by atoms with van der Waals surface area (Å²) in [5.41, 5.74) is 0. The van der Waals surface area contributed by atoms with Gasteiger partial charge in [0, 0.05) is 130 Å². The zero-order chi connectivity index (χ0) is 0. The van der Waals surface area contributed by atoms with Gasteiger partial charge in [0.25, 0.3) is 0 Å². The predicted octanol–water partition coefficient (Wildman–Crippen LogP) is -0.0150. The summed E-state index contributed by atoms with van der Waals surface area (Å²) < 4.78 is 0. The summed E-state index contributed by atoms with van der Waals surface area (Å²) in [4.78, 5) is 0. The molecule has 0 aliphatic rings. The van der Waals surface area contributed by atoms with Crippen molar-refractivity contribution in [2.24, 2.45) is 0 Å². The summed E-state index contributed by atoms with van der Waals surface area (Å²) in [6.45, 7) is 0. The Balaban J connectivity index is 0. The zero-order valence-electron chi connectivity index (χ0n) is 4.11. The van der Waals surface area contributed by atoms with E-state index in [-0.39, 0.29) is 130 Å². The van der Waals surface area contributed by atoms with Crippen molar-refractivity contribution in [3.05, 3.63) is 0 Å². The van der Waals surface area contributed by atoms with Gasteiger partial charge in [-0.1, -0.05) is 0 Å². The minimum Gasteiger partial charge on any atom is 0 e. The summed E-state index contributed by atoms with van der Waals surface area (Å²) in [5, 5.41) is 0. The zero-order valence-corrected chi connectivity index (χ0v) is 21.8. The maximum Gasteiger partial charge on any atom is 0 e. The molecule has 13 valence electrons. The fraction of sp³-hybridized carbons (Fsp3) is 0. The standard InChI is InChI=1S/Y.5Zn. The van der Waals surface area contributed by atoms with Crippen LogP contribution in [-0.2, 0) is 130 Å². The molecule has 0 aliphatic heterocycles. The smallest absolute Gasteiger partial charge is 0 e. The molecule has 1 radical (unpaired) electrons. The van der Waals surface area contributed by atoms with Crippen molar-refractivity contribution in [1.29, 1.82) is 0 Å². The first kappa shape index (κ1) is 48.8. The monoisotopic (exact) mass is 409 g/mol. The first-order valence-electron chi connectivity index (χ1n) is 0. The topological polar surface area (TPSA) is 0 Å². The van der Waals surface area contributed by atoms with Gasteiger partial charge in [0.2, 0.25) is 0 Å². The van der Waals surface area contributed by atoms with Gasteiger partial charge in [-0.2, -0.15) is 0 Å². The molecule has 0 aromatic carbocycles. The van der Waals surface area contributed by atoms with E-state index in [9.17, 15) is 0 Å². The molecular weight excluding hydrogens is 416 g/mol. The van der Waals surface area contributed by atoms with Gasteiger partial charge in [-0.25, -0.2) is 0 Å². The molecule has 6 heavy (non-hydrogen) atoms. The first-order chi connectivity index (χ1) is 0. The Bertz CT molecular complexity index is 3.90. The summed E-state index contributed by atoms with van der Waals surface area (Å²) in [7, 11) is 0. The van der Waals surface area contributed by atoms with Crippen molar-refractivity contribution >= 4 is 0 Å². The van der Waals surface area contributed by atoms with Crippen LogP contribution in [0, 0.1) is 0 Å². The molecule has 0 aliphatic carbocycles. The Morgan fingerprint density at radius 2 is 0.333 bits per heavy atom. The van der Waals surface area contributed by atoms with Gasteiger partial charge in [0.05, 0.1) is 0 Å². The second-order valence-corrected chi connectivity index (χ2v) is 0. The van der Waals surface area contributed by atoms with Crippen LogP contribution < -0.4 is 0 Å². The van der Waals surface area contributed by atoms with Crippen LogP contribution in [0.1, 0.15) is 0 Å². The van der Waals surface area contributed by atoms with E-state index in [1.807, 2.05) is 0 Å². The normalized spacial score (nSPS) is 0. The molecule has 0 atom stereocenters. The minimum absolute atomic E-state index is 0. The molecule has 0 amide bonds. The Kier molecular flexibility index (Phi) is 284. The molecule has 0 unspecified atom stereocenters. The van der Waals surface area contributed by atoms with E-state index in [0.29, 0.717) is 0 Å². The van der Waals surface area contributed by atoms with Crippen LogP contribution in [0.2, 0.25) is 0 Å². The van der Waals surface area contributed by atoms with Crippen LogP contribution in [0.5, 0.6) is 0 Å². The molecule has 0 rings (SSSR count). The summed E-state index contributed by atoms with van der Waals surface area (Å²) in [5.74, 6) is 0. The molecular formula is YZn5. The third-order valence-electron chi connectivity index (χ3n) is 0. The predicted molar refractivity (Wildman–Crippen MR) is 0 cm³/mol. The Labute approximate surface area is 127 Å². The molecule has 0 aromatic heterocycles. The van der Waals surface area contributed by atoms with E-state index in [2.05, 4.69) is 0 Å². The van der Waals surface area contributed by atoms with Gasteiger partial charge < -0.3 is 0 Å². The summed E-state index contributed by atoms with van der Waals surface area (Å²) in [6, 6.07) is 0. The van der Waals surface area contributed by atoms with Gasteiger partial charge >= 0.3 is 0 Å². The van der Waals surface area contributed by atoms with Crippen LogP contribution >= 0.6 is 0 Å². The molecule has 6 heteroatoms. The Morgan fingerprint density at radius 3 is 0.333 bits per heavy atom. The van der Waals surface area contributed by atoms with E-state index < -0.39 is 0 Å². The van der Waals surface area contributed by atoms with Gasteiger partial charge in [-0.05, 0) is 0 Å². The molecule has 0 nitrogen and oxygen atoms in total. The molecule has 0 aromatic rings. The van der Waals surface area contributed by atoms with Crippen molar-refractivity contribution in [3.63, 3.8) is 0 Å². The van der Waals surface area contributed by atoms with Gasteiger partial charge in [-0.3, -0.25) is 0 Å². The Morgan fingerprint density at radius 1 is 0.333 bits per heavy atom. The van der Waals surface area contributed by atoms with Crippen molar-refractivity contribution in [2.45, 2.75) is 0 Å². The van der Waals surface area contributed by atoms with E-state index in [0.717, 1.165) is 0 Å². The molecule has 0 saturated heterocycles. The van der Waals surface area contributed by atoms with Crippen molar-refractivity contribution in [2.75, 3.05) is 0 Å². The Hall–Kier alpha value is 4.22. The SMILES string of the molecule is [Y].[Zn].[Zn].[Zn].[Zn].[Zn]. The average Bonchev–Trinajstić information content (AvgIpc) is 0. The number of hydrogen-bond acceptors (Lipinski definition) is 0. The van der Waals surface area contributed by atoms with Crippen molar-refractivity contribution in [1.82, 2.24) is 0 Å². The molecule has 0 heterocycles. The summed E-state index contributed by atoms with van der Waals surface area (Å²) >= 11 is 0. The van der Waals surface area contributed by atoms with Crippen molar-refractivity contribution in [3.8, 4) is 0 Å². The van der Waals surface area contributed by atoms with Crippen LogP contribution in [0.25, 0.3) is 0 Å². The fourth-order valence-corrected chi connectivity index (χ4v) is 0. The second-order valence-electron chi connectivity index (χ2n) is 0. The maximum atomic E-state index is 0. The first-order valence-corrected chi connectivity index (χ1v) is 0. The van der Waals surface area contributed by atoms with E-state index >= 15 is 0 Å². The average molecular weight is 416 g/mol. The van der Waals surface area contributed by atoms with E-state index in [1.165, 1.54) is 0 Å². The van der Waals surface area contributed by atoms with Gasteiger partial charge in [-0.15, -0.1) is 0 Å². The number of rotatable bonds is 0. The third-order valence-corrected chi connectivity index (χ3v) is 0. The molecule has 0 N–H and O–H groups in total. The van der Waals surface area contributed by atoms with Gasteiger partial charge in [0.1, 0.15) is 0 Å². The molecule has 0 spiro atoms. The molecule has 0 bridgehead atoms. The molecule has 0 fully saturated rings. The number of hydrogen-bond donors (Lipinski definition) is 0. The largest absolute Gasteiger partial charge is 0 e. The molecule has 0 saturated carbocycles. The van der Waals surface area contributed by atoms with Gasteiger partial charge in [0.15, 0.2) is 0 Å². The second kappa shape index (κ2) is 35.0. The van der Waals surface area contributed by atoms with E-state index in [1.54, 1.807) is 0 Å². The van der Waals surface area contributed by atoms with Crippen LogP contribution in [0.4, 0.5) is 0 Å². The van der Waals surface area contributed by atoms with Crippen LogP contribution in [0.3, 0.4) is 0 Å². The van der Waals surface area contributed by atoms with Crippen molar-refractivity contribution < 1.29 is 130 Å². The third kappa shape index (κ3) is 24.1. The van der Waals surface area contributed by atoms with Crippen LogP contribution in [-0.4, -0.2) is 0 Å². The quantitative estimate of drug-likeness (QED) is 0.488. The fourth-order valence-electron chi connectivity index (χ4n) is 0. The minimum atomic E-state index is 0. The maximum absolute atomic E-state index is 0. The van der Waals surface area contributed by atoms with Crippen LogP contribution in [0.15, 0.2) is 0 Å². The van der Waals surface area contributed by atoms with E-state index in [4.69, 9.17) is 0 Å². The summed E-state index contributed by atoms with van der Waals surface area (Å²) in [6.07, 6.45) is 0.